The maximum Gasteiger partial charge on any atom is 0.291 e. The Balaban J connectivity index is 1.52. The molecule has 8 nitrogen and oxygen atoms in total. The van der Waals surface area contributed by atoms with E-state index < -0.39 is 5.60 Å². The van der Waals surface area contributed by atoms with Gasteiger partial charge in [-0.1, -0.05) is 0 Å². The highest BCUT2D eigenvalue weighted by atomic mass is 19.1. The third-order valence-corrected chi connectivity index (χ3v) is 5.79. The first-order chi connectivity index (χ1) is 15.5. The van der Waals surface area contributed by atoms with Gasteiger partial charge in [0.2, 0.25) is 11.7 Å². The van der Waals surface area contributed by atoms with Crippen molar-refractivity contribution in [2.45, 2.75) is 31.3 Å². The van der Waals surface area contributed by atoms with Crippen molar-refractivity contribution in [3.05, 3.63) is 54.4 Å². The number of hydrogen-bond acceptors (Lipinski definition) is 6. The van der Waals surface area contributed by atoms with Crippen molar-refractivity contribution in [3.8, 4) is 5.75 Å². The summed E-state index contributed by atoms with van der Waals surface area (Å²) in [7, 11) is 0. The fourth-order valence-electron chi connectivity index (χ4n) is 4.09. The average Bonchev–Trinajstić information content (AvgIpc) is 2.84. The molecule has 0 spiro atoms. The van der Waals surface area contributed by atoms with Crippen LogP contribution in [0.5, 0.6) is 5.75 Å². The van der Waals surface area contributed by atoms with E-state index in [2.05, 4.69) is 9.97 Å². The number of hydrogen-bond donors (Lipinski definition) is 0. The van der Waals surface area contributed by atoms with Gasteiger partial charge in [-0.05, 0) is 49.6 Å². The van der Waals surface area contributed by atoms with Gasteiger partial charge in [-0.2, -0.15) is 0 Å². The Bertz CT molecular complexity index is 921. The molecule has 32 heavy (non-hydrogen) atoms. The van der Waals surface area contributed by atoms with Crippen molar-refractivity contribution in [2.75, 3.05) is 39.4 Å². The van der Waals surface area contributed by atoms with E-state index in [0.29, 0.717) is 12.3 Å². The van der Waals surface area contributed by atoms with E-state index in [4.69, 9.17) is 9.47 Å². The molecule has 0 bridgehead atoms. The summed E-state index contributed by atoms with van der Waals surface area (Å²) >= 11 is 0. The highest BCUT2D eigenvalue weighted by Gasteiger charge is 2.43. The van der Waals surface area contributed by atoms with Gasteiger partial charge in [-0.3, -0.25) is 9.59 Å². The van der Waals surface area contributed by atoms with Crippen molar-refractivity contribution in [2.24, 2.45) is 0 Å². The number of nitrogens with zero attached hydrogens (tertiary/aromatic N) is 4. The van der Waals surface area contributed by atoms with Crippen LogP contribution in [-0.2, 0) is 9.53 Å². The van der Waals surface area contributed by atoms with Gasteiger partial charge in [0.05, 0.1) is 19.6 Å². The topological polar surface area (TPSA) is 84.9 Å². The van der Waals surface area contributed by atoms with Crippen LogP contribution in [0.2, 0.25) is 0 Å². The summed E-state index contributed by atoms with van der Waals surface area (Å²) in [6, 6.07) is 7.32. The first-order valence-electron chi connectivity index (χ1n) is 10.9. The summed E-state index contributed by atoms with van der Waals surface area (Å²) < 4.78 is 25.3. The Morgan fingerprint density at radius 1 is 1.03 bits per heavy atom. The molecule has 1 unspecified atom stereocenters. The van der Waals surface area contributed by atoms with Crippen molar-refractivity contribution in [3.63, 3.8) is 0 Å². The van der Waals surface area contributed by atoms with Crippen molar-refractivity contribution < 1.29 is 23.5 Å². The average molecular weight is 442 g/mol. The quantitative estimate of drug-likeness (QED) is 0.683. The molecule has 4 rings (SSSR count). The molecule has 0 N–H and O–H groups in total. The Morgan fingerprint density at radius 3 is 2.47 bits per heavy atom. The van der Waals surface area contributed by atoms with Gasteiger partial charge in [-0.25, -0.2) is 14.4 Å². The number of ether oxygens (including phenoxy) is 2. The van der Waals surface area contributed by atoms with Crippen molar-refractivity contribution in [1.82, 2.24) is 19.8 Å². The van der Waals surface area contributed by atoms with Crippen LogP contribution in [0.4, 0.5) is 4.39 Å². The van der Waals surface area contributed by atoms with Crippen LogP contribution < -0.4 is 4.74 Å². The molecule has 0 radical (unpaired) electrons. The normalized spacial score (nSPS) is 21.3. The third kappa shape index (κ3) is 5.40. The number of benzene rings is 1. The molecule has 3 heterocycles. The largest absolute Gasteiger partial charge is 0.490 e. The highest BCUT2D eigenvalue weighted by molar-refractivity contribution is 5.90. The summed E-state index contributed by atoms with van der Waals surface area (Å²) in [6.45, 7) is 2.32. The van der Waals surface area contributed by atoms with Gasteiger partial charge in [0.1, 0.15) is 23.8 Å². The Labute approximate surface area is 186 Å². The van der Waals surface area contributed by atoms with Crippen LogP contribution in [0.25, 0.3) is 0 Å². The third-order valence-electron chi connectivity index (χ3n) is 5.79. The van der Waals surface area contributed by atoms with Crippen LogP contribution in [0.1, 0.15) is 36.3 Å². The molecule has 170 valence electrons. The summed E-state index contributed by atoms with van der Waals surface area (Å²) in [5.41, 5.74) is -1.02. The second kappa shape index (κ2) is 10.0. The fourth-order valence-corrected chi connectivity index (χ4v) is 4.09. The van der Waals surface area contributed by atoms with Gasteiger partial charge in [0.25, 0.3) is 5.91 Å². The molecule has 2 aromatic rings. The molecular formula is C23H27FN4O4. The highest BCUT2D eigenvalue weighted by Crippen LogP contribution is 2.27. The first kappa shape index (κ1) is 22.1. The molecular weight excluding hydrogens is 415 g/mol. The van der Waals surface area contributed by atoms with E-state index in [9.17, 15) is 14.0 Å². The van der Waals surface area contributed by atoms with Crippen LogP contribution >= 0.6 is 0 Å². The molecule has 2 fully saturated rings. The van der Waals surface area contributed by atoms with E-state index in [0.717, 1.165) is 32.4 Å². The number of amides is 2. The summed E-state index contributed by atoms with van der Waals surface area (Å²) in [6.07, 6.45) is 6.23. The Morgan fingerprint density at radius 2 is 1.75 bits per heavy atom. The summed E-state index contributed by atoms with van der Waals surface area (Å²) in [4.78, 5) is 37.6. The minimum Gasteiger partial charge on any atom is -0.490 e. The number of carbonyl (C=O) groups is 2. The first-order valence-corrected chi connectivity index (χ1v) is 10.9. The Kier molecular flexibility index (Phi) is 6.94. The maximum absolute atomic E-state index is 13.2. The van der Waals surface area contributed by atoms with Crippen LogP contribution in [0.3, 0.4) is 0 Å². The minimum atomic E-state index is -1.02. The number of aromatic nitrogens is 2. The predicted octanol–water partition coefficient (Wildman–Crippen LogP) is 2.31. The lowest BCUT2D eigenvalue weighted by atomic mass is 9.96. The molecule has 1 aromatic carbocycles. The van der Waals surface area contributed by atoms with E-state index in [1.165, 1.54) is 36.7 Å². The number of rotatable bonds is 6. The van der Waals surface area contributed by atoms with E-state index in [-0.39, 0.29) is 49.6 Å². The minimum absolute atomic E-state index is 0.0160. The number of morpholine rings is 1. The summed E-state index contributed by atoms with van der Waals surface area (Å²) in [5.74, 6) is -0.121. The van der Waals surface area contributed by atoms with E-state index >= 15 is 0 Å². The molecule has 2 saturated heterocycles. The molecule has 1 atom stereocenters. The molecule has 2 aliphatic rings. The van der Waals surface area contributed by atoms with Gasteiger partial charge in [-0.15, -0.1) is 0 Å². The molecule has 0 aliphatic carbocycles. The summed E-state index contributed by atoms with van der Waals surface area (Å²) in [5, 5.41) is 0. The van der Waals surface area contributed by atoms with Gasteiger partial charge >= 0.3 is 0 Å². The number of likely N-dealkylation sites (tertiary alicyclic amines) is 1. The molecule has 1 aromatic heterocycles. The lowest BCUT2D eigenvalue weighted by molar-refractivity contribution is -0.153. The zero-order chi connectivity index (χ0) is 22.4. The number of piperidine rings is 1. The standard InChI is InChI=1S/C23H27FN4O4/c24-18-5-7-19(8-6-18)31-17-23(15-20(29)27-11-2-1-3-12-27)16-28(13-14-32-23)22(30)21-25-9-4-10-26-21/h4-10H,1-3,11-17H2. The zero-order valence-electron chi connectivity index (χ0n) is 17.9. The van der Waals surface area contributed by atoms with E-state index in [1.54, 1.807) is 11.0 Å². The molecule has 2 aliphatic heterocycles. The molecule has 2 amide bonds. The fraction of sp³-hybridized carbons (Fsp3) is 0.478. The van der Waals surface area contributed by atoms with Gasteiger partial charge in [0, 0.05) is 32.0 Å². The lowest BCUT2D eigenvalue weighted by Crippen LogP contribution is -2.58. The zero-order valence-corrected chi connectivity index (χ0v) is 17.9. The lowest BCUT2D eigenvalue weighted by Gasteiger charge is -2.42. The van der Waals surface area contributed by atoms with Crippen molar-refractivity contribution >= 4 is 11.8 Å². The number of halogens is 1. The van der Waals surface area contributed by atoms with E-state index in [1.807, 2.05) is 4.90 Å². The maximum atomic E-state index is 13.2. The van der Waals surface area contributed by atoms with Crippen molar-refractivity contribution in [1.29, 1.82) is 0 Å². The second-order valence-electron chi connectivity index (χ2n) is 8.19. The second-order valence-corrected chi connectivity index (χ2v) is 8.19. The number of carbonyl (C=O) groups excluding carboxylic acids is 2. The smallest absolute Gasteiger partial charge is 0.291 e. The van der Waals surface area contributed by atoms with Gasteiger partial charge < -0.3 is 19.3 Å². The van der Waals surface area contributed by atoms with Gasteiger partial charge in [0.15, 0.2) is 0 Å². The molecule has 9 heteroatoms. The predicted molar refractivity (Wildman–Crippen MR) is 114 cm³/mol. The molecule has 0 saturated carbocycles. The SMILES string of the molecule is O=C(CC1(COc2ccc(F)cc2)CN(C(=O)c2ncccn2)CCO1)N1CCCCC1. The van der Waals surface area contributed by atoms with Crippen LogP contribution in [-0.4, -0.2) is 76.6 Å². The monoisotopic (exact) mass is 442 g/mol. The van der Waals surface area contributed by atoms with Crippen LogP contribution in [0, 0.1) is 5.82 Å². The van der Waals surface area contributed by atoms with Crippen LogP contribution in [0.15, 0.2) is 42.7 Å². The Hall–Kier alpha value is -3.07.